The minimum Gasteiger partial charge on any atom is -0.444 e. The summed E-state index contributed by atoms with van der Waals surface area (Å²) in [6.07, 6.45) is 3.60. The molecule has 0 unspecified atom stereocenters. The Labute approximate surface area is 133 Å². The van der Waals surface area contributed by atoms with Crippen LogP contribution in [0.2, 0.25) is 0 Å². The summed E-state index contributed by atoms with van der Waals surface area (Å²) in [5, 5.41) is 2.81. The predicted molar refractivity (Wildman–Crippen MR) is 88.6 cm³/mol. The van der Waals surface area contributed by atoms with Crippen LogP contribution in [0.15, 0.2) is 24.3 Å². The van der Waals surface area contributed by atoms with E-state index in [4.69, 9.17) is 4.74 Å². The zero-order valence-electron chi connectivity index (χ0n) is 14.0. The number of carbonyl (C=O) groups is 1. The maximum absolute atomic E-state index is 11.7. The molecular weight excluding hydrogens is 276 g/mol. The zero-order valence-corrected chi connectivity index (χ0v) is 14.0. The number of rotatable bonds is 4. The Morgan fingerprint density at radius 1 is 1.18 bits per heavy atom. The largest absolute Gasteiger partial charge is 0.444 e. The van der Waals surface area contributed by atoms with Crippen LogP contribution in [0.3, 0.4) is 0 Å². The van der Waals surface area contributed by atoms with Crippen molar-refractivity contribution in [3.8, 4) is 0 Å². The second-order valence-electron chi connectivity index (χ2n) is 7.01. The first-order chi connectivity index (χ1) is 10.4. The molecule has 0 saturated carbocycles. The molecule has 0 spiro atoms. The van der Waals surface area contributed by atoms with Gasteiger partial charge in [-0.25, -0.2) is 4.79 Å². The van der Waals surface area contributed by atoms with Crippen LogP contribution in [0.25, 0.3) is 0 Å². The highest BCUT2D eigenvalue weighted by Gasteiger charge is 2.15. The van der Waals surface area contributed by atoms with Crippen LogP contribution < -0.4 is 5.32 Å². The first kappa shape index (κ1) is 16.8. The van der Waals surface area contributed by atoms with Crippen molar-refractivity contribution in [1.82, 2.24) is 10.2 Å². The zero-order chi connectivity index (χ0) is 16.0. The van der Waals surface area contributed by atoms with Crippen LogP contribution in [0.5, 0.6) is 0 Å². The van der Waals surface area contributed by atoms with Gasteiger partial charge < -0.3 is 10.1 Å². The van der Waals surface area contributed by atoms with Crippen molar-refractivity contribution in [2.75, 3.05) is 13.1 Å². The van der Waals surface area contributed by atoms with E-state index in [2.05, 4.69) is 28.4 Å². The van der Waals surface area contributed by atoms with Gasteiger partial charge in [-0.1, -0.05) is 30.7 Å². The SMILES string of the molecule is CC(C)(C)OC(=O)NCc1cccc(CN2CCCCC2)c1. The van der Waals surface area contributed by atoms with Crippen LogP contribution in [0.4, 0.5) is 4.79 Å². The van der Waals surface area contributed by atoms with Gasteiger partial charge in [0.25, 0.3) is 0 Å². The van der Waals surface area contributed by atoms with Crippen LogP contribution in [0, 0.1) is 0 Å². The summed E-state index contributed by atoms with van der Waals surface area (Å²) in [5.74, 6) is 0. The van der Waals surface area contributed by atoms with Crippen LogP contribution >= 0.6 is 0 Å². The van der Waals surface area contributed by atoms with Gasteiger partial charge in [0.1, 0.15) is 5.60 Å². The molecule has 4 nitrogen and oxygen atoms in total. The number of amides is 1. The van der Waals surface area contributed by atoms with E-state index in [1.54, 1.807) is 0 Å². The number of carbonyl (C=O) groups excluding carboxylic acids is 1. The number of nitrogens with zero attached hydrogens (tertiary/aromatic N) is 1. The van der Waals surface area contributed by atoms with Gasteiger partial charge in [0.05, 0.1) is 0 Å². The molecule has 4 heteroatoms. The third-order valence-electron chi connectivity index (χ3n) is 3.68. The molecule has 0 aromatic heterocycles. The second kappa shape index (κ2) is 7.63. The molecule has 22 heavy (non-hydrogen) atoms. The summed E-state index contributed by atoms with van der Waals surface area (Å²) in [6, 6.07) is 8.43. The van der Waals surface area contributed by atoms with Gasteiger partial charge in [-0.2, -0.15) is 0 Å². The quantitative estimate of drug-likeness (QED) is 0.922. The van der Waals surface area contributed by atoms with E-state index in [1.807, 2.05) is 26.8 Å². The van der Waals surface area contributed by atoms with Crippen LogP contribution in [0.1, 0.15) is 51.2 Å². The fraction of sp³-hybridized carbons (Fsp3) is 0.611. The number of piperidine rings is 1. The van der Waals surface area contributed by atoms with Crippen LogP contribution in [-0.2, 0) is 17.8 Å². The molecule has 1 aromatic rings. The maximum atomic E-state index is 11.7. The number of nitrogens with one attached hydrogen (secondary N) is 1. The number of benzene rings is 1. The van der Waals surface area contributed by atoms with Crippen molar-refractivity contribution in [2.24, 2.45) is 0 Å². The van der Waals surface area contributed by atoms with Gasteiger partial charge in [0, 0.05) is 13.1 Å². The van der Waals surface area contributed by atoms with Crippen molar-refractivity contribution in [3.05, 3.63) is 35.4 Å². The minimum atomic E-state index is -0.458. The number of alkyl carbamates (subject to hydrolysis) is 1. The van der Waals surface area contributed by atoms with Crippen LogP contribution in [-0.4, -0.2) is 29.7 Å². The lowest BCUT2D eigenvalue weighted by molar-refractivity contribution is 0.0523. The molecule has 2 rings (SSSR count). The van der Waals surface area contributed by atoms with Crippen molar-refractivity contribution in [1.29, 1.82) is 0 Å². The summed E-state index contributed by atoms with van der Waals surface area (Å²) in [4.78, 5) is 14.2. The summed E-state index contributed by atoms with van der Waals surface area (Å²) in [7, 11) is 0. The van der Waals surface area contributed by atoms with Gasteiger partial charge in [-0.3, -0.25) is 4.90 Å². The smallest absolute Gasteiger partial charge is 0.407 e. The first-order valence-corrected chi connectivity index (χ1v) is 8.19. The standard InChI is InChI=1S/C18H28N2O2/c1-18(2,3)22-17(21)19-13-15-8-7-9-16(12-15)14-20-10-5-4-6-11-20/h7-9,12H,4-6,10-11,13-14H2,1-3H3,(H,19,21). The average molecular weight is 304 g/mol. The van der Waals surface area contributed by atoms with Gasteiger partial charge in [0.15, 0.2) is 0 Å². The molecule has 1 aromatic carbocycles. The molecule has 1 fully saturated rings. The predicted octanol–water partition coefficient (Wildman–Crippen LogP) is 3.70. The molecule has 1 heterocycles. The second-order valence-corrected chi connectivity index (χ2v) is 7.01. The lowest BCUT2D eigenvalue weighted by Crippen LogP contribution is -2.32. The number of hydrogen-bond acceptors (Lipinski definition) is 3. The third-order valence-corrected chi connectivity index (χ3v) is 3.68. The molecular formula is C18H28N2O2. The molecule has 122 valence electrons. The molecule has 0 bridgehead atoms. The normalized spacial score (nSPS) is 16.3. The third kappa shape index (κ3) is 6.06. The molecule has 1 amide bonds. The fourth-order valence-corrected chi connectivity index (χ4v) is 2.70. The Kier molecular flexibility index (Phi) is 5.83. The van der Waals surface area contributed by atoms with Crippen molar-refractivity contribution in [2.45, 2.75) is 58.7 Å². The molecule has 0 atom stereocenters. The lowest BCUT2D eigenvalue weighted by atomic mass is 10.1. The van der Waals surface area contributed by atoms with E-state index in [0.29, 0.717) is 6.54 Å². The Hall–Kier alpha value is -1.55. The Balaban J connectivity index is 1.84. The topological polar surface area (TPSA) is 41.6 Å². The van der Waals surface area contributed by atoms with Crippen molar-refractivity contribution < 1.29 is 9.53 Å². The average Bonchev–Trinajstić information content (AvgIpc) is 2.45. The molecule has 1 saturated heterocycles. The number of ether oxygens (including phenoxy) is 1. The Bertz CT molecular complexity index is 488. The molecule has 0 radical (unpaired) electrons. The monoisotopic (exact) mass is 304 g/mol. The van der Waals surface area contributed by atoms with E-state index >= 15 is 0 Å². The van der Waals surface area contributed by atoms with Gasteiger partial charge in [-0.15, -0.1) is 0 Å². The Morgan fingerprint density at radius 3 is 2.55 bits per heavy atom. The molecule has 1 N–H and O–H groups in total. The van der Waals surface area contributed by atoms with Gasteiger partial charge in [-0.05, 0) is 57.8 Å². The first-order valence-electron chi connectivity index (χ1n) is 8.19. The minimum absolute atomic E-state index is 0.367. The Morgan fingerprint density at radius 2 is 1.86 bits per heavy atom. The number of hydrogen-bond donors (Lipinski definition) is 1. The lowest BCUT2D eigenvalue weighted by Gasteiger charge is -2.26. The molecule has 1 aliphatic heterocycles. The summed E-state index contributed by atoms with van der Waals surface area (Å²) < 4.78 is 5.25. The summed E-state index contributed by atoms with van der Waals surface area (Å²) >= 11 is 0. The van der Waals surface area contributed by atoms with Gasteiger partial charge in [0.2, 0.25) is 0 Å². The van der Waals surface area contributed by atoms with E-state index in [9.17, 15) is 4.79 Å². The fourth-order valence-electron chi connectivity index (χ4n) is 2.70. The summed E-state index contributed by atoms with van der Waals surface area (Å²) in [6.45, 7) is 9.49. The van der Waals surface area contributed by atoms with E-state index < -0.39 is 5.60 Å². The number of likely N-dealkylation sites (tertiary alicyclic amines) is 1. The van der Waals surface area contributed by atoms with Crippen molar-refractivity contribution >= 4 is 6.09 Å². The molecule has 0 aliphatic carbocycles. The highest BCUT2D eigenvalue weighted by Crippen LogP contribution is 2.14. The highest BCUT2D eigenvalue weighted by molar-refractivity contribution is 5.67. The highest BCUT2D eigenvalue weighted by atomic mass is 16.6. The summed E-state index contributed by atoms with van der Waals surface area (Å²) in [5.41, 5.74) is 1.96. The van der Waals surface area contributed by atoms with E-state index in [1.165, 1.54) is 37.9 Å². The molecule has 1 aliphatic rings. The van der Waals surface area contributed by atoms with E-state index in [0.717, 1.165) is 12.1 Å². The van der Waals surface area contributed by atoms with Crippen molar-refractivity contribution in [3.63, 3.8) is 0 Å². The van der Waals surface area contributed by atoms with Gasteiger partial charge >= 0.3 is 6.09 Å². The maximum Gasteiger partial charge on any atom is 0.407 e. The van der Waals surface area contributed by atoms with E-state index in [-0.39, 0.29) is 6.09 Å².